The van der Waals surface area contributed by atoms with Gasteiger partial charge in [-0.2, -0.15) is 0 Å². The van der Waals surface area contributed by atoms with E-state index in [0.29, 0.717) is 11.0 Å². The van der Waals surface area contributed by atoms with E-state index in [2.05, 4.69) is 0 Å². The average Bonchev–Trinajstić information content (AvgIpc) is 2.23. The summed E-state index contributed by atoms with van der Waals surface area (Å²) in [6.45, 7) is 0. The smallest absolute Gasteiger partial charge is 0.194 e. The fourth-order valence-corrected chi connectivity index (χ4v) is 1.90. The third kappa shape index (κ3) is 1.29. The minimum Gasteiger partial charge on any atom is -0.739 e. The second-order valence-corrected chi connectivity index (χ2v) is 3.63. The molecule has 0 N–H and O–H groups in total. The van der Waals surface area contributed by atoms with Crippen molar-refractivity contribution in [1.82, 2.24) is 5.01 Å². The van der Waals surface area contributed by atoms with Crippen LogP contribution in [0.3, 0.4) is 0 Å². The molecule has 1 aliphatic heterocycles. The zero-order valence-corrected chi connectivity index (χ0v) is 8.44. The third-order valence-electron chi connectivity index (χ3n) is 2.08. The standard InChI is InChI=1S/C9H8N2O2P/c1-10-6-9(14-13)7-4-2-3-5-8(7)11(10)12/h2-6H,1H3/q-1. The second-order valence-electron chi connectivity index (χ2n) is 2.97. The van der Waals surface area contributed by atoms with Gasteiger partial charge in [0.05, 0.1) is 11.0 Å². The summed E-state index contributed by atoms with van der Waals surface area (Å²) in [5.74, 6) is 0. The van der Waals surface area contributed by atoms with Gasteiger partial charge in [-0.05, 0) is 6.07 Å². The van der Waals surface area contributed by atoms with Crippen LogP contribution in [0.4, 0.5) is 5.69 Å². The van der Waals surface area contributed by atoms with E-state index in [4.69, 9.17) is 0 Å². The lowest BCUT2D eigenvalue weighted by Crippen LogP contribution is -2.33. The van der Waals surface area contributed by atoms with E-state index >= 15 is 0 Å². The number of nitrogens with zero attached hydrogens (tertiary/aromatic N) is 2. The summed E-state index contributed by atoms with van der Waals surface area (Å²) in [6, 6.07) is 7.08. The number of para-hydroxylation sites is 1. The van der Waals surface area contributed by atoms with Crippen LogP contribution in [0.25, 0.3) is 5.31 Å². The molecule has 0 aliphatic carbocycles. The Labute approximate surface area is 83.2 Å². The van der Waals surface area contributed by atoms with Gasteiger partial charge < -0.3 is 15.4 Å². The number of hydrogen-bond donors (Lipinski definition) is 0. The van der Waals surface area contributed by atoms with Crippen LogP contribution in [0.5, 0.6) is 0 Å². The van der Waals surface area contributed by atoms with Crippen molar-refractivity contribution in [2.45, 2.75) is 0 Å². The molecule has 72 valence electrons. The molecule has 5 heteroatoms. The third-order valence-corrected chi connectivity index (χ3v) is 2.63. The summed E-state index contributed by atoms with van der Waals surface area (Å²) in [6.07, 6.45) is 1.56. The van der Waals surface area contributed by atoms with E-state index in [-0.39, 0.29) is 8.46 Å². The molecule has 1 aromatic rings. The van der Waals surface area contributed by atoms with Crippen molar-refractivity contribution in [2.24, 2.45) is 0 Å². The van der Waals surface area contributed by atoms with Gasteiger partial charge in [0.2, 0.25) is 0 Å². The van der Waals surface area contributed by atoms with Crippen molar-refractivity contribution in [1.29, 1.82) is 0 Å². The lowest BCUT2D eigenvalue weighted by Gasteiger charge is -2.42. The van der Waals surface area contributed by atoms with Crippen LogP contribution < -0.4 is 5.17 Å². The molecular weight excluding hydrogens is 199 g/mol. The molecule has 0 fully saturated rings. The van der Waals surface area contributed by atoms with Crippen LogP contribution in [-0.4, -0.2) is 12.1 Å². The lowest BCUT2D eigenvalue weighted by molar-refractivity contribution is 0.460. The minimum absolute atomic E-state index is 0.0742. The maximum Gasteiger partial charge on any atom is 0.194 e. The molecule has 0 unspecified atom stereocenters. The predicted octanol–water partition coefficient (Wildman–Crippen LogP) is 2.44. The van der Waals surface area contributed by atoms with Gasteiger partial charge in [0, 0.05) is 18.8 Å². The average molecular weight is 207 g/mol. The topological polar surface area (TPSA) is 46.6 Å². The molecular formula is C9H8N2O2P-. The zero-order valence-electron chi connectivity index (χ0n) is 7.54. The van der Waals surface area contributed by atoms with Crippen LogP contribution in [0, 0.1) is 5.21 Å². The van der Waals surface area contributed by atoms with Gasteiger partial charge in [0.25, 0.3) is 0 Å². The SMILES string of the molecule is CN1C=C(P=O)c2ccccc2N1[O-]. The first-order valence-electron chi connectivity index (χ1n) is 4.08. The Bertz CT molecular complexity index is 406. The fraction of sp³-hybridized carbons (Fsp3) is 0.111. The highest BCUT2D eigenvalue weighted by Crippen LogP contribution is 2.37. The van der Waals surface area contributed by atoms with Gasteiger partial charge in [0.15, 0.2) is 8.46 Å². The first-order chi connectivity index (χ1) is 6.74. The van der Waals surface area contributed by atoms with E-state index in [9.17, 15) is 9.77 Å². The van der Waals surface area contributed by atoms with Crippen LogP contribution in [-0.2, 0) is 4.57 Å². The normalized spacial score (nSPS) is 15.4. The summed E-state index contributed by atoms with van der Waals surface area (Å²) < 4.78 is 10.9. The van der Waals surface area contributed by atoms with Crippen molar-refractivity contribution < 1.29 is 4.57 Å². The fourth-order valence-electron chi connectivity index (χ4n) is 1.40. The Morgan fingerprint density at radius 2 is 2.07 bits per heavy atom. The molecule has 1 heterocycles. The van der Waals surface area contributed by atoms with Crippen molar-refractivity contribution in [3.05, 3.63) is 41.2 Å². The Balaban J connectivity index is 2.60. The van der Waals surface area contributed by atoms with Crippen LogP contribution >= 0.6 is 8.46 Å². The number of anilines is 1. The first kappa shape index (κ1) is 9.19. The van der Waals surface area contributed by atoms with E-state index in [0.717, 1.165) is 10.7 Å². The summed E-state index contributed by atoms with van der Waals surface area (Å²) in [4.78, 5) is 0. The second kappa shape index (κ2) is 3.40. The molecule has 0 saturated carbocycles. The summed E-state index contributed by atoms with van der Waals surface area (Å²) in [7, 11) is 1.54. The minimum atomic E-state index is -0.0742. The van der Waals surface area contributed by atoms with Gasteiger partial charge in [0.1, 0.15) is 0 Å². The van der Waals surface area contributed by atoms with Gasteiger partial charge in [-0.25, -0.2) is 0 Å². The molecule has 1 aromatic carbocycles. The van der Waals surface area contributed by atoms with Crippen molar-refractivity contribution in [3.63, 3.8) is 0 Å². The number of benzene rings is 1. The van der Waals surface area contributed by atoms with Crippen LogP contribution in [0.1, 0.15) is 5.56 Å². The molecule has 0 aromatic heterocycles. The molecule has 0 atom stereocenters. The van der Waals surface area contributed by atoms with E-state index in [1.54, 1.807) is 31.4 Å². The highest BCUT2D eigenvalue weighted by Gasteiger charge is 2.16. The highest BCUT2D eigenvalue weighted by molar-refractivity contribution is 7.37. The maximum absolute atomic E-state index is 11.6. The zero-order chi connectivity index (χ0) is 10.1. The highest BCUT2D eigenvalue weighted by atomic mass is 31.1. The number of hydrazine groups is 1. The molecule has 0 radical (unpaired) electrons. The molecule has 0 amide bonds. The van der Waals surface area contributed by atoms with Crippen LogP contribution in [0.15, 0.2) is 30.5 Å². The molecule has 14 heavy (non-hydrogen) atoms. The monoisotopic (exact) mass is 207 g/mol. The summed E-state index contributed by atoms with van der Waals surface area (Å²) in [5, 5.41) is 14.3. The van der Waals surface area contributed by atoms with Crippen molar-refractivity contribution in [3.8, 4) is 0 Å². The summed E-state index contributed by atoms with van der Waals surface area (Å²) >= 11 is 0. The Hall–Kier alpha value is -1.38. The van der Waals surface area contributed by atoms with Gasteiger partial charge in [-0.3, -0.25) is 4.57 Å². The van der Waals surface area contributed by atoms with Crippen molar-refractivity contribution >= 4 is 19.5 Å². The predicted molar refractivity (Wildman–Crippen MR) is 55.6 cm³/mol. The Morgan fingerprint density at radius 1 is 1.36 bits per heavy atom. The van der Waals surface area contributed by atoms with E-state index in [1.165, 1.54) is 5.01 Å². The molecule has 0 saturated heterocycles. The van der Waals surface area contributed by atoms with Gasteiger partial charge in [-0.1, -0.05) is 18.2 Å². The first-order valence-corrected chi connectivity index (χ1v) is 4.90. The largest absolute Gasteiger partial charge is 0.739 e. The Kier molecular flexibility index (Phi) is 2.23. The van der Waals surface area contributed by atoms with Gasteiger partial charge in [-0.15, -0.1) is 0 Å². The lowest BCUT2D eigenvalue weighted by atomic mass is 10.1. The molecule has 1 aliphatic rings. The van der Waals surface area contributed by atoms with Crippen LogP contribution in [0.2, 0.25) is 0 Å². The molecule has 0 spiro atoms. The molecule has 4 nitrogen and oxygen atoms in total. The van der Waals surface area contributed by atoms with Crippen molar-refractivity contribution in [2.75, 3.05) is 12.2 Å². The summed E-state index contributed by atoms with van der Waals surface area (Å²) in [5.41, 5.74) is 1.24. The Morgan fingerprint density at radius 3 is 2.79 bits per heavy atom. The quantitative estimate of drug-likeness (QED) is 0.663. The molecule has 2 rings (SSSR count). The number of rotatable bonds is 1. The molecule has 0 bridgehead atoms. The van der Waals surface area contributed by atoms with E-state index < -0.39 is 0 Å². The maximum atomic E-state index is 11.6. The number of fused-ring (bicyclic) bond motifs is 1. The van der Waals surface area contributed by atoms with Gasteiger partial charge >= 0.3 is 0 Å². The van der Waals surface area contributed by atoms with E-state index in [1.807, 2.05) is 6.07 Å². The number of hydrogen-bond acceptors (Lipinski definition) is 4.